The second kappa shape index (κ2) is 10.6. The first kappa shape index (κ1) is 23.7. The van der Waals surface area contributed by atoms with Gasteiger partial charge in [0.15, 0.2) is 11.5 Å². The fourth-order valence-electron chi connectivity index (χ4n) is 3.26. The molecule has 1 aliphatic carbocycles. The van der Waals surface area contributed by atoms with Crippen molar-refractivity contribution in [1.82, 2.24) is 10.2 Å². The van der Waals surface area contributed by atoms with E-state index in [1.54, 1.807) is 30.4 Å². The predicted molar refractivity (Wildman–Crippen MR) is 127 cm³/mol. The van der Waals surface area contributed by atoms with Crippen molar-refractivity contribution >= 4 is 46.2 Å². The first-order valence-electron chi connectivity index (χ1n) is 9.78. The van der Waals surface area contributed by atoms with Crippen LogP contribution in [0.1, 0.15) is 18.4 Å². The largest absolute Gasteiger partial charge is 0.510 e. The predicted octanol–water partition coefficient (Wildman–Crippen LogP) is 3.19. The molecule has 0 radical (unpaired) electrons. The van der Waals surface area contributed by atoms with Gasteiger partial charge in [0, 0.05) is 13.0 Å². The zero-order valence-electron chi connectivity index (χ0n) is 17.9. The van der Waals surface area contributed by atoms with Crippen LogP contribution in [0.5, 0.6) is 17.2 Å². The minimum Gasteiger partial charge on any atom is -0.510 e. The molecular weight excluding hydrogens is 452 g/mol. The number of thiocarbonyl (C=S) groups is 1. The average molecular weight is 477 g/mol. The monoisotopic (exact) mass is 476 g/mol. The summed E-state index contributed by atoms with van der Waals surface area (Å²) in [5.41, 5.74) is 0.686. The topological polar surface area (TPSA) is 97.3 Å². The van der Waals surface area contributed by atoms with Gasteiger partial charge in [-0.05, 0) is 36.3 Å². The van der Waals surface area contributed by atoms with Gasteiger partial charge in [0.05, 0.1) is 32.3 Å². The minimum atomic E-state index is -0.446. The number of nitrogens with zero attached hydrogens (tertiary/aromatic N) is 1. The van der Waals surface area contributed by atoms with Crippen LogP contribution in [-0.2, 0) is 9.59 Å². The van der Waals surface area contributed by atoms with Crippen LogP contribution < -0.4 is 19.5 Å². The molecule has 1 unspecified atom stereocenters. The Hall–Kier alpha value is -2.98. The molecule has 10 heteroatoms. The van der Waals surface area contributed by atoms with Gasteiger partial charge < -0.3 is 24.6 Å². The summed E-state index contributed by atoms with van der Waals surface area (Å²) >= 11 is 6.51. The molecule has 1 atom stereocenters. The molecule has 3 rings (SSSR count). The first-order valence-corrected chi connectivity index (χ1v) is 11.0. The Bertz CT molecular complexity index is 993. The van der Waals surface area contributed by atoms with Gasteiger partial charge in [0.2, 0.25) is 11.7 Å². The Morgan fingerprint density at radius 2 is 1.97 bits per heavy atom. The Morgan fingerprint density at radius 1 is 1.28 bits per heavy atom. The van der Waals surface area contributed by atoms with Gasteiger partial charge in [-0.3, -0.25) is 14.5 Å². The molecule has 32 heavy (non-hydrogen) atoms. The number of thioether (sulfide) groups is 1. The highest BCUT2D eigenvalue weighted by atomic mass is 32.2. The van der Waals surface area contributed by atoms with Crippen LogP contribution in [0.2, 0.25) is 0 Å². The number of allylic oxidation sites excluding steroid dienone is 2. The number of ether oxygens (including phenoxy) is 3. The van der Waals surface area contributed by atoms with Crippen molar-refractivity contribution in [2.24, 2.45) is 0 Å². The van der Waals surface area contributed by atoms with Gasteiger partial charge in [-0.1, -0.05) is 36.1 Å². The van der Waals surface area contributed by atoms with E-state index in [4.69, 9.17) is 26.4 Å². The number of methoxy groups -OCH3 is 3. The van der Waals surface area contributed by atoms with E-state index < -0.39 is 6.04 Å². The third-order valence-electron chi connectivity index (χ3n) is 4.89. The lowest BCUT2D eigenvalue weighted by Gasteiger charge is -2.20. The van der Waals surface area contributed by atoms with Crippen molar-refractivity contribution in [3.8, 4) is 17.2 Å². The Kier molecular flexibility index (Phi) is 7.81. The smallest absolute Gasteiger partial charge is 0.266 e. The van der Waals surface area contributed by atoms with E-state index >= 15 is 0 Å². The number of rotatable bonds is 8. The van der Waals surface area contributed by atoms with Crippen LogP contribution >= 0.6 is 24.0 Å². The number of amides is 2. The van der Waals surface area contributed by atoms with E-state index in [9.17, 15) is 14.7 Å². The third kappa shape index (κ3) is 5.25. The molecule has 1 fully saturated rings. The highest BCUT2D eigenvalue weighted by molar-refractivity contribution is 8.26. The summed E-state index contributed by atoms with van der Waals surface area (Å²) in [4.78, 5) is 27.0. The summed E-state index contributed by atoms with van der Waals surface area (Å²) in [6, 6.07) is 3.03. The van der Waals surface area contributed by atoms with Gasteiger partial charge >= 0.3 is 0 Å². The van der Waals surface area contributed by atoms with Crippen molar-refractivity contribution in [1.29, 1.82) is 0 Å². The quantitative estimate of drug-likeness (QED) is 0.436. The zero-order chi connectivity index (χ0) is 23.3. The van der Waals surface area contributed by atoms with Crippen LogP contribution in [0.4, 0.5) is 0 Å². The van der Waals surface area contributed by atoms with E-state index in [1.807, 2.05) is 6.08 Å². The second-order valence-electron chi connectivity index (χ2n) is 6.92. The molecule has 2 N–H and O–H groups in total. The molecule has 0 spiro atoms. The van der Waals surface area contributed by atoms with Crippen LogP contribution in [0.3, 0.4) is 0 Å². The van der Waals surface area contributed by atoms with Crippen LogP contribution in [0.15, 0.2) is 41.0 Å². The highest BCUT2D eigenvalue weighted by Crippen LogP contribution is 2.40. The zero-order valence-corrected chi connectivity index (χ0v) is 19.5. The molecule has 1 aliphatic heterocycles. The Balaban J connectivity index is 1.68. The number of benzene rings is 1. The normalized spacial score (nSPS) is 19.2. The average Bonchev–Trinajstić information content (AvgIpc) is 3.05. The number of nitrogens with one attached hydrogen (secondary N) is 1. The molecule has 1 aromatic carbocycles. The molecule has 0 aromatic heterocycles. The summed E-state index contributed by atoms with van der Waals surface area (Å²) in [7, 11) is 4.55. The van der Waals surface area contributed by atoms with Crippen LogP contribution in [0.25, 0.3) is 6.08 Å². The van der Waals surface area contributed by atoms with E-state index in [1.165, 1.54) is 38.0 Å². The summed E-state index contributed by atoms with van der Waals surface area (Å²) < 4.78 is 16.4. The number of aliphatic hydroxyl groups excluding tert-OH is 1. The lowest BCUT2D eigenvalue weighted by atomic mass is 10.1. The molecule has 0 bridgehead atoms. The first-order chi connectivity index (χ1) is 15.4. The van der Waals surface area contributed by atoms with Crippen molar-refractivity contribution < 1.29 is 28.9 Å². The van der Waals surface area contributed by atoms with Gasteiger partial charge in [0.1, 0.15) is 10.1 Å². The third-order valence-corrected chi connectivity index (χ3v) is 6.27. The Morgan fingerprint density at radius 3 is 2.56 bits per heavy atom. The summed E-state index contributed by atoms with van der Waals surface area (Å²) in [5, 5.41) is 12.6. The molecule has 8 nitrogen and oxygen atoms in total. The van der Waals surface area contributed by atoms with E-state index in [0.29, 0.717) is 38.5 Å². The molecule has 1 aromatic rings. The Labute approximate surface area is 195 Å². The molecule has 2 aliphatic rings. The van der Waals surface area contributed by atoms with Gasteiger partial charge in [-0.15, -0.1) is 0 Å². The van der Waals surface area contributed by atoms with E-state index in [-0.39, 0.29) is 30.5 Å². The maximum atomic E-state index is 12.9. The second-order valence-corrected chi connectivity index (χ2v) is 8.59. The number of aliphatic hydroxyl groups is 1. The van der Waals surface area contributed by atoms with Gasteiger partial charge in [-0.25, -0.2) is 0 Å². The fourth-order valence-corrected chi connectivity index (χ4v) is 4.57. The molecule has 1 saturated heterocycles. The number of carbonyl (C=O) groups excluding carboxylic acids is 2. The standard InChI is InChI=1S/C22H24N2O6S2/c1-28-16-10-13(11-17(29-2)20(16)30-3)12-18-21(27)24(22(31)32-18)9-8-19(26)23-14-6-4-5-7-15(14)25/h4-5,7,10-12,14,25H,6,8-9H2,1-3H3,(H,23,26)/b18-12-. The van der Waals surface area contributed by atoms with Crippen LogP contribution in [0, 0.1) is 0 Å². The number of hydrogen-bond acceptors (Lipinski definition) is 8. The highest BCUT2D eigenvalue weighted by Gasteiger charge is 2.32. The summed E-state index contributed by atoms with van der Waals surface area (Å²) in [6.07, 6.45) is 7.43. The van der Waals surface area contributed by atoms with Crippen molar-refractivity contribution in [3.63, 3.8) is 0 Å². The SMILES string of the molecule is COc1cc(/C=C2\SC(=S)N(CCC(=O)NC3CC=CC=C3O)C2=O)cc(OC)c1OC. The van der Waals surface area contributed by atoms with Crippen molar-refractivity contribution in [2.75, 3.05) is 27.9 Å². The van der Waals surface area contributed by atoms with Gasteiger partial charge in [0.25, 0.3) is 5.91 Å². The fraction of sp³-hybridized carbons (Fsp3) is 0.318. The molecule has 170 valence electrons. The summed E-state index contributed by atoms with van der Waals surface area (Å²) in [5.74, 6) is 0.970. The van der Waals surface area contributed by atoms with Crippen molar-refractivity contribution in [2.45, 2.75) is 18.9 Å². The summed E-state index contributed by atoms with van der Waals surface area (Å²) in [6.45, 7) is 0.149. The number of hydrogen-bond donors (Lipinski definition) is 2. The van der Waals surface area contributed by atoms with Gasteiger partial charge in [-0.2, -0.15) is 0 Å². The van der Waals surface area contributed by atoms with Crippen molar-refractivity contribution in [3.05, 3.63) is 46.6 Å². The molecule has 2 amide bonds. The lowest BCUT2D eigenvalue weighted by molar-refractivity contribution is -0.124. The maximum Gasteiger partial charge on any atom is 0.266 e. The lowest BCUT2D eigenvalue weighted by Crippen LogP contribution is -2.39. The number of carbonyl (C=O) groups is 2. The molecular formula is C22H24N2O6S2. The molecule has 0 saturated carbocycles. The van der Waals surface area contributed by atoms with E-state index in [0.717, 1.165) is 0 Å². The maximum absolute atomic E-state index is 12.9. The van der Waals surface area contributed by atoms with Crippen LogP contribution in [-0.4, -0.2) is 60.1 Å². The minimum absolute atomic E-state index is 0.0669. The van der Waals surface area contributed by atoms with E-state index in [2.05, 4.69) is 5.32 Å². The molecule has 1 heterocycles.